The molecule has 0 aliphatic carbocycles. The number of hydrogen-bond acceptors (Lipinski definition) is 2. The van der Waals surface area contributed by atoms with E-state index in [9.17, 15) is 5.26 Å². The summed E-state index contributed by atoms with van der Waals surface area (Å²) in [5, 5.41) is 9.70. The predicted octanol–water partition coefficient (Wildman–Crippen LogP) is 4.24. The molecule has 1 aliphatic rings. The third kappa shape index (κ3) is 2.11. The van der Waals surface area contributed by atoms with Crippen molar-refractivity contribution in [2.45, 2.75) is 19.9 Å². The van der Waals surface area contributed by atoms with Crippen LogP contribution in [0.4, 0.5) is 5.69 Å². The molecule has 2 aromatic carbocycles. The van der Waals surface area contributed by atoms with Crippen LogP contribution in [0.1, 0.15) is 25.0 Å². The van der Waals surface area contributed by atoms with Gasteiger partial charge in [-0.05, 0) is 25.5 Å². The highest BCUT2D eigenvalue weighted by Gasteiger charge is 2.29. The number of nitriles is 1. The summed E-state index contributed by atoms with van der Waals surface area (Å²) in [4.78, 5) is 2.29. The molecule has 2 heteroatoms. The van der Waals surface area contributed by atoms with E-state index in [2.05, 4.69) is 55.1 Å². The zero-order valence-corrected chi connectivity index (χ0v) is 12.4. The lowest BCUT2D eigenvalue weighted by molar-refractivity contribution is 0.731. The van der Waals surface area contributed by atoms with Crippen LogP contribution in [0.5, 0.6) is 0 Å². The van der Waals surface area contributed by atoms with Crippen molar-refractivity contribution in [2.24, 2.45) is 0 Å². The fourth-order valence-electron chi connectivity index (χ4n) is 3.16. The van der Waals surface area contributed by atoms with Gasteiger partial charge in [-0.3, -0.25) is 0 Å². The van der Waals surface area contributed by atoms with Crippen molar-refractivity contribution in [1.82, 2.24) is 0 Å². The lowest BCUT2D eigenvalue weighted by atomic mass is 9.85. The maximum absolute atomic E-state index is 9.70. The Morgan fingerprint density at radius 3 is 2.38 bits per heavy atom. The summed E-state index contributed by atoms with van der Waals surface area (Å²) in [5.74, 6) is 0. The average molecular weight is 274 g/mol. The largest absolute Gasteiger partial charge is 0.364 e. The molecule has 0 N–H and O–H groups in total. The number of hydrogen-bond donors (Lipinski definition) is 0. The zero-order valence-electron chi connectivity index (χ0n) is 12.4. The zero-order chi connectivity index (χ0) is 14.8. The van der Waals surface area contributed by atoms with Crippen LogP contribution in [0.3, 0.4) is 0 Å². The van der Waals surface area contributed by atoms with Gasteiger partial charge < -0.3 is 4.90 Å². The van der Waals surface area contributed by atoms with Crippen molar-refractivity contribution in [3.63, 3.8) is 0 Å². The van der Waals surface area contributed by atoms with E-state index in [1.807, 2.05) is 24.3 Å². The standard InChI is InChI=1S/C19H18N2/c1-3-21-14(2)17(13-20)19(15-9-5-4-6-10-15)16-11-7-8-12-18(16)21/h4-12,14H,3H2,1-2H3. The molecule has 104 valence electrons. The van der Waals surface area contributed by atoms with Gasteiger partial charge in [0.1, 0.15) is 0 Å². The molecule has 21 heavy (non-hydrogen) atoms. The number of likely N-dealkylation sites (N-methyl/N-ethyl adjacent to an activating group) is 1. The second-order valence-electron chi connectivity index (χ2n) is 5.25. The van der Waals surface area contributed by atoms with Gasteiger partial charge in [0.05, 0.1) is 17.7 Å². The molecule has 2 nitrogen and oxygen atoms in total. The Morgan fingerprint density at radius 2 is 1.71 bits per heavy atom. The van der Waals surface area contributed by atoms with E-state index in [0.29, 0.717) is 0 Å². The van der Waals surface area contributed by atoms with Gasteiger partial charge in [0.25, 0.3) is 0 Å². The van der Waals surface area contributed by atoms with Crippen LogP contribution in [-0.2, 0) is 0 Å². The first-order valence-electron chi connectivity index (χ1n) is 7.33. The van der Waals surface area contributed by atoms with Gasteiger partial charge in [0.2, 0.25) is 0 Å². The number of anilines is 1. The van der Waals surface area contributed by atoms with E-state index in [-0.39, 0.29) is 6.04 Å². The molecule has 1 heterocycles. The minimum Gasteiger partial charge on any atom is -0.364 e. The number of para-hydroxylation sites is 1. The van der Waals surface area contributed by atoms with Crippen LogP contribution in [0.2, 0.25) is 0 Å². The van der Waals surface area contributed by atoms with Crippen LogP contribution >= 0.6 is 0 Å². The smallest absolute Gasteiger partial charge is 0.0975 e. The van der Waals surface area contributed by atoms with Crippen LogP contribution in [-0.4, -0.2) is 12.6 Å². The summed E-state index contributed by atoms with van der Waals surface area (Å²) in [6, 6.07) is 21.1. The lowest BCUT2D eigenvalue weighted by Gasteiger charge is -2.37. The molecule has 0 radical (unpaired) electrons. The molecule has 0 amide bonds. The maximum atomic E-state index is 9.70. The Morgan fingerprint density at radius 1 is 1.05 bits per heavy atom. The van der Waals surface area contributed by atoms with Gasteiger partial charge in [-0.1, -0.05) is 48.5 Å². The Kier molecular flexibility index (Phi) is 3.50. The molecule has 1 unspecified atom stereocenters. The van der Waals surface area contributed by atoms with Crippen molar-refractivity contribution in [1.29, 1.82) is 5.26 Å². The van der Waals surface area contributed by atoms with E-state index in [0.717, 1.165) is 28.8 Å². The molecule has 0 fully saturated rings. The van der Waals surface area contributed by atoms with E-state index < -0.39 is 0 Å². The molecule has 0 spiro atoms. The van der Waals surface area contributed by atoms with Crippen molar-refractivity contribution < 1.29 is 0 Å². The van der Waals surface area contributed by atoms with Crippen LogP contribution in [0, 0.1) is 11.3 Å². The molecule has 0 saturated carbocycles. The summed E-state index contributed by atoms with van der Waals surface area (Å²) in [5.41, 5.74) is 5.40. The highest BCUT2D eigenvalue weighted by Crippen LogP contribution is 2.40. The second-order valence-corrected chi connectivity index (χ2v) is 5.25. The number of rotatable bonds is 2. The fraction of sp³-hybridized carbons (Fsp3) is 0.211. The van der Waals surface area contributed by atoms with Gasteiger partial charge in [0.15, 0.2) is 0 Å². The molecule has 3 rings (SSSR count). The first-order valence-corrected chi connectivity index (χ1v) is 7.33. The summed E-state index contributed by atoms with van der Waals surface area (Å²) >= 11 is 0. The third-order valence-electron chi connectivity index (χ3n) is 4.16. The normalized spacial score (nSPS) is 17.4. The molecule has 2 aromatic rings. The molecular weight excluding hydrogens is 256 g/mol. The van der Waals surface area contributed by atoms with Crippen molar-refractivity contribution in [2.75, 3.05) is 11.4 Å². The molecule has 0 aromatic heterocycles. The molecule has 1 atom stereocenters. The summed E-state index contributed by atoms with van der Waals surface area (Å²) in [7, 11) is 0. The quantitative estimate of drug-likeness (QED) is 0.819. The lowest BCUT2D eigenvalue weighted by Crippen LogP contribution is -2.37. The van der Waals surface area contributed by atoms with E-state index in [4.69, 9.17) is 0 Å². The fourth-order valence-corrected chi connectivity index (χ4v) is 3.16. The van der Waals surface area contributed by atoms with Gasteiger partial charge in [-0.2, -0.15) is 5.26 Å². The topological polar surface area (TPSA) is 27.0 Å². The average Bonchev–Trinajstić information content (AvgIpc) is 2.54. The Hall–Kier alpha value is -2.53. The van der Waals surface area contributed by atoms with Gasteiger partial charge in [-0.15, -0.1) is 0 Å². The van der Waals surface area contributed by atoms with Gasteiger partial charge in [0, 0.05) is 23.4 Å². The Bertz CT molecular complexity index is 723. The first kappa shape index (κ1) is 13.5. The van der Waals surface area contributed by atoms with Crippen molar-refractivity contribution in [3.05, 3.63) is 71.3 Å². The van der Waals surface area contributed by atoms with Crippen LogP contribution in [0.25, 0.3) is 5.57 Å². The minimum atomic E-state index is 0.102. The minimum absolute atomic E-state index is 0.102. The molecular formula is C19H18N2. The third-order valence-corrected chi connectivity index (χ3v) is 4.16. The highest BCUT2D eigenvalue weighted by atomic mass is 15.2. The predicted molar refractivity (Wildman–Crippen MR) is 87.0 cm³/mol. The Balaban J connectivity index is 2.31. The van der Waals surface area contributed by atoms with Crippen LogP contribution in [0.15, 0.2) is 60.2 Å². The molecule has 0 bridgehead atoms. The monoisotopic (exact) mass is 274 g/mol. The first-order chi connectivity index (χ1) is 10.3. The van der Waals surface area contributed by atoms with Gasteiger partial charge in [-0.25, -0.2) is 0 Å². The number of benzene rings is 2. The van der Waals surface area contributed by atoms with Gasteiger partial charge >= 0.3 is 0 Å². The molecule has 1 aliphatic heterocycles. The maximum Gasteiger partial charge on any atom is 0.0975 e. The van der Waals surface area contributed by atoms with E-state index in [1.54, 1.807) is 0 Å². The summed E-state index contributed by atoms with van der Waals surface area (Å²) in [6.07, 6.45) is 0. The van der Waals surface area contributed by atoms with Crippen molar-refractivity contribution >= 4 is 11.3 Å². The van der Waals surface area contributed by atoms with E-state index >= 15 is 0 Å². The second kappa shape index (κ2) is 5.46. The summed E-state index contributed by atoms with van der Waals surface area (Å²) < 4.78 is 0. The number of nitrogens with zero attached hydrogens (tertiary/aromatic N) is 2. The number of fused-ring (bicyclic) bond motifs is 1. The SMILES string of the molecule is CCN1c2ccccc2C(c2ccccc2)=C(C#N)C1C. The highest BCUT2D eigenvalue weighted by molar-refractivity contribution is 5.93. The summed E-state index contributed by atoms with van der Waals surface area (Å²) in [6.45, 7) is 5.14. The molecule has 0 saturated heterocycles. The van der Waals surface area contributed by atoms with Crippen LogP contribution < -0.4 is 4.90 Å². The van der Waals surface area contributed by atoms with E-state index in [1.165, 1.54) is 5.69 Å². The van der Waals surface area contributed by atoms with Crippen molar-refractivity contribution in [3.8, 4) is 6.07 Å². The Labute approximate surface area is 126 Å².